The number of benzene rings is 1. The lowest BCUT2D eigenvalue weighted by atomic mass is 10.2. The van der Waals surface area contributed by atoms with Crippen molar-refractivity contribution in [3.63, 3.8) is 0 Å². The van der Waals surface area contributed by atoms with E-state index in [9.17, 15) is 4.91 Å². The van der Waals surface area contributed by atoms with Gasteiger partial charge in [-0.1, -0.05) is 17.7 Å². The van der Waals surface area contributed by atoms with Gasteiger partial charge in [0.2, 0.25) is 0 Å². The van der Waals surface area contributed by atoms with Crippen LogP contribution in [0.15, 0.2) is 29.6 Å². The molecule has 0 fully saturated rings. The molecule has 0 aromatic heterocycles. The molecule has 0 radical (unpaired) electrons. The molecule has 0 aliphatic carbocycles. The SMILES string of the molecule is Cc1ccc(ON=O)cc1. The minimum absolute atomic E-state index is 0.473. The fourth-order valence-corrected chi connectivity index (χ4v) is 0.642. The average Bonchev–Trinajstić information content (AvgIpc) is 1.95. The highest BCUT2D eigenvalue weighted by Crippen LogP contribution is 2.10. The van der Waals surface area contributed by atoms with Gasteiger partial charge in [-0.25, -0.2) is 0 Å². The maximum Gasteiger partial charge on any atom is 0.161 e. The highest BCUT2D eigenvalue weighted by atomic mass is 16.7. The van der Waals surface area contributed by atoms with Gasteiger partial charge in [-0.3, -0.25) is 0 Å². The van der Waals surface area contributed by atoms with Gasteiger partial charge in [0.25, 0.3) is 0 Å². The summed E-state index contributed by atoms with van der Waals surface area (Å²) in [5.74, 6) is 0.473. The minimum Gasteiger partial charge on any atom is -0.324 e. The summed E-state index contributed by atoms with van der Waals surface area (Å²) in [6, 6.07) is 7.08. The predicted molar refractivity (Wildman–Crippen MR) is 37.6 cm³/mol. The van der Waals surface area contributed by atoms with Crippen LogP contribution in [0.2, 0.25) is 0 Å². The first-order chi connectivity index (χ1) is 4.83. The third-order valence-corrected chi connectivity index (χ3v) is 1.16. The number of aryl methyl sites for hydroxylation is 1. The van der Waals surface area contributed by atoms with E-state index in [1.54, 1.807) is 12.1 Å². The number of rotatable bonds is 2. The highest BCUT2D eigenvalue weighted by Gasteiger charge is 1.89. The monoisotopic (exact) mass is 137 g/mol. The molecule has 10 heavy (non-hydrogen) atoms. The molecule has 3 nitrogen and oxygen atoms in total. The van der Waals surface area contributed by atoms with Gasteiger partial charge in [-0.2, -0.15) is 0 Å². The fourth-order valence-electron chi connectivity index (χ4n) is 0.642. The third kappa shape index (κ3) is 1.55. The van der Waals surface area contributed by atoms with E-state index in [4.69, 9.17) is 0 Å². The molecule has 3 heteroatoms. The van der Waals surface area contributed by atoms with Crippen LogP contribution in [-0.4, -0.2) is 0 Å². The van der Waals surface area contributed by atoms with Crippen molar-refractivity contribution in [3.05, 3.63) is 34.7 Å². The Labute approximate surface area is 58.6 Å². The van der Waals surface area contributed by atoms with Gasteiger partial charge in [0.15, 0.2) is 11.1 Å². The van der Waals surface area contributed by atoms with Crippen LogP contribution in [0.5, 0.6) is 5.75 Å². The molecule has 1 aromatic carbocycles. The molecule has 0 aliphatic rings. The third-order valence-electron chi connectivity index (χ3n) is 1.16. The summed E-state index contributed by atoms with van der Waals surface area (Å²) < 4.78 is 0. The van der Waals surface area contributed by atoms with Gasteiger partial charge in [0, 0.05) is 0 Å². The molecule has 0 aliphatic heterocycles. The second-order valence-corrected chi connectivity index (χ2v) is 1.98. The van der Waals surface area contributed by atoms with Crippen LogP contribution < -0.4 is 4.84 Å². The maximum absolute atomic E-state index is 9.59. The normalized spacial score (nSPS) is 8.90. The van der Waals surface area contributed by atoms with E-state index in [0.717, 1.165) is 5.56 Å². The quantitative estimate of drug-likeness (QED) is 0.462. The van der Waals surface area contributed by atoms with E-state index in [0.29, 0.717) is 5.75 Å². The van der Waals surface area contributed by atoms with Crippen LogP contribution in [0.4, 0.5) is 0 Å². The van der Waals surface area contributed by atoms with E-state index >= 15 is 0 Å². The van der Waals surface area contributed by atoms with E-state index in [-0.39, 0.29) is 0 Å². The summed E-state index contributed by atoms with van der Waals surface area (Å²) >= 11 is 0. The molecule has 52 valence electrons. The Hall–Kier alpha value is -1.38. The smallest absolute Gasteiger partial charge is 0.161 e. The molecule has 1 aromatic rings. The van der Waals surface area contributed by atoms with Crippen molar-refractivity contribution < 1.29 is 4.84 Å². The Bertz CT molecular complexity index is 218. The Balaban J connectivity index is 2.78. The number of hydrogen-bond acceptors (Lipinski definition) is 3. The zero-order chi connectivity index (χ0) is 7.40. The molecule has 0 amide bonds. The molecule has 1 rings (SSSR count). The van der Waals surface area contributed by atoms with Crippen molar-refractivity contribution in [2.45, 2.75) is 6.92 Å². The Kier molecular flexibility index (Phi) is 1.99. The van der Waals surface area contributed by atoms with E-state index < -0.39 is 0 Å². The molecule has 0 heterocycles. The molecular weight excluding hydrogens is 130 g/mol. The summed E-state index contributed by atoms with van der Waals surface area (Å²) in [6.07, 6.45) is 0. The first-order valence-electron chi connectivity index (χ1n) is 2.89. The lowest BCUT2D eigenvalue weighted by Gasteiger charge is -1.93. The van der Waals surface area contributed by atoms with Crippen molar-refractivity contribution in [2.75, 3.05) is 0 Å². The Morgan fingerprint density at radius 2 is 1.90 bits per heavy atom. The largest absolute Gasteiger partial charge is 0.324 e. The fraction of sp³-hybridized carbons (Fsp3) is 0.143. The van der Waals surface area contributed by atoms with E-state index in [1.165, 1.54) is 0 Å². The van der Waals surface area contributed by atoms with Gasteiger partial charge in [-0.15, -0.1) is 4.91 Å². The second kappa shape index (κ2) is 2.96. The minimum atomic E-state index is 0.473. The summed E-state index contributed by atoms with van der Waals surface area (Å²) in [6.45, 7) is 1.96. The van der Waals surface area contributed by atoms with Crippen LogP contribution in [0, 0.1) is 11.8 Å². The molecule has 0 saturated carbocycles. The van der Waals surface area contributed by atoms with Crippen LogP contribution in [-0.2, 0) is 0 Å². The van der Waals surface area contributed by atoms with Crippen LogP contribution >= 0.6 is 0 Å². The molecule has 0 bridgehead atoms. The number of nitrogens with zero attached hydrogens (tertiary/aromatic N) is 1. The topological polar surface area (TPSA) is 38.7 Å². The lowest BCUT2D eigenvalue weighted by molar-refractivity contribution is 0.335. The van der Waals surface area contributed by atoms with Gasteiger partial charge in [0.1, 0.15) is 0 Å². The predicted octanol–water partition coefficient (Wildman–Crippen LogP) is 2.06. The van der Waals surface area contributed by atoms with Crippen molar-refractivity contribution in [2.24, 2.45) is 5.34 Å². The molecular formula is C7H7NO2. The zero-order valence-corrected chi connectivity index (χ0v) is 5.57. The zero-order valence-electron chi connectivity index (χ0n) is 5.57. The molecule has 0 saturated heterocycles. The van der Waals surface area contributed by atoms with Gasteiger partial charge >= 0.3 is 0 Å². The lowest BCUT2D eigenvalue weighted by Crippen LogP contribution is -1.79. The van der Waals surface area contributed by atoms with Crippen LogP contribution in [0.3, 0.4) is 0 Å². The molecule has 0 spiro atoms. The summed E-state index contributed by atoms with van der Waals surface area (Å²) in [5, 5.41) is 2.29. The summed E-state index contributed by atoms with van der Waals surface area (Å²) in [5.41, 5.74) is 1.12. The summed E-state index contributed by atoms with van der Waals surface area (Å²) in [4.78, 5) is 13.9. The van der Waals surface area contributed by atoms with Crippen LogP contribution in [0.25, 0.3) is 0 Å². The second-order valence-electron chi connectivity index (χ2n) is 1.98. The first kappa shape index (κ1) is 6.74. The number of hydrogen-bond donors (Lipinski definition) is 0. The average molecular weight is 137 g/mol. The van der Waals surface area contributed by atoms with Crippen molar-refractivity contribution in [3.8, 4) is 5.75 Å². The standard InChI is InChI=1S/C7H7NO2/c1-6-2-4-7(5-3-6)10-8-9/h2-5H,1H3. The maximum atomic E-state index is 9.59. The Morgan fingerprint density at radius 3 is 2.40 bits per heavy atom. The van der Waals surface area contributed by atoms with E-state index in [2.05, 4.69) is 10.2 Å². The molecule has 0 N–H and O–H groups in total. The van der Waals surface area contributed by atoms with Gasteiger partial charge in [0.05, 0.1) is 0 Å². The van der Waals surface area contributed by atoms with Gasteiger partial charge in [-0.05, 0) is 19.1 Å². The van der Waals surface area contributed by atoms with Crippen LogP contribution in [0.1, 0.15) is 5.56 Å². The van der Waals surface area contributed by atoms with Crippen molar-refractivity contribution >= 4 is 0 Å². The van der Waals surface area contributed by atoms with Crippen molar-refractivity contribution in [1.82, 2.24) is 0 Å². The highest BCUT2D eigenvalue weighted by molar-refractivity contribution is 5.25. The molecule has 0 unspecified atom stereocenters. The van der Waals surface area contributed by atoms with Crippen molar-refractivity contribution in [1.29, 1.82) is 0 Å². The van der Waals surface area contributed by atoms with E-state index in [1.807, 2.05) is 19.1 Å². The first-order valence-corrected chi connectivity index (χ1v) is 2.89. The molecule has 0 atom stereocenters. The Morgan fingerprint density at radius 1 is 1.30 bits per heavy atom. The van der Waals surface area contributed by atoms with Gasteiger partial charge < -0.3 is 4.84 Å². The summed E-state index contributed by atoms with van der Waals surface area (Å²) in [7, 11) is 0.